The van der Waals surface area contributed by atoms with Crippen LogP contribution < -0.4 is 5.32 Å². The standard InChI is InChI=1S/C10H14N4O4/c1-6-12-8(13-18-6)4-11-10(17)14(5-9(15)16)7-2-3-7/h7H,2-5H2,1H3,(H,11,17)(H,15,16). The van der Waals surface area contributed by atoms with E-state index in [9.17, 15) is 9.59 Å². The minimum Gasteiger partial charge on any atom is -0.480 e. The van der Waals surface area contributed by atoms with Crippen LogP contribution in [0.25, 0.3) is 0 Å². The van der Waals surface area contributed by atoms with Crippen LogP contribution in [0.1, 0.15) is 24.6 Å². The molecule has 0 aliphatic heterocycles. The summed E-state index contributed by atoms with van der Waals surface area (Å²) in [5.41, 5.74) is 0. The maximum Gasteiger partial charge on any atom is 0.323 e. The minimum absolute atomic E-state index is 0.0353. The molecule has 0 aromatic carbocycles. The lowest BCUT2D eigenvalue weighted by Crippen LogP contribution is -2.43. The van der Waals surface area contributed by atoms with Crippen LogP contribution in [-0.2, 0) is 11.3 Å². The number of aromatic nitrogens is 2. The van der Waals surface area contributed by atoms with E-state index in [0.717, 1.165) is 12.8 Å². The number of aryl methyl sites for hydroxylation is 1. The van der Waals surface area contributed by atoms with E-state index in [1.54, 1.807) is 6.92 Å². The van der Waals surface area contributed by atoms with Crippen LogP contribution in [0.5, 0.6) is 0 Å². The molecule has 98 valence electrons. The zero-order valence-corrected chi connectivity index (χ0v) is 9.92. The Morgan fingerprint density at radius 3 is 2.78 bits per heavy atom. The second-order valence-electron chi connectivity index (χ2n) is 4.14. The summed E-state index contributed by atoms with van der Waals surface area (Å²) < 4.78 is 4.76. The number of nitrogens with zero attached hydrogens (tertiary/aromatic N) is 3. The van der Waals surface area contributed by atoms with E-state index in [0.29, 0.717) is 11.7 Å². The van der Waals surface area contributed by atoms with Crippen molar-refractivity contribution in [1.29, 1.82) is 0 Å². The molecule has 1 aliphatic rings. The molecule has 0 radical (unpaired) electrons. The van der Waals surface area contributed by atoms with E-state index < -0.39 is 12.0 Å². The fraction of sp³-hybridized carbons (Fsp3) is 0.600. The van der Waals surface area contributed by atoms with E-state index in [1.807, 2.05) is 0 Å². The first-order valence-corrected chi connectivity index (χ1v) is 5.61. The summed E-state index contributed by atoms with van der Waals surface area (Å²) in [7, 11) is 0. The average Bonchev–Trinajstić information content (AvgIpc) is 3.06. The first-order valence-electron chi connectivity index (χ1n) is 5.61. The lowest BCUT2D eigenvalue weighted by molar-refractivity contribution is -0.137. The summed E-state index contributed by atoms with van der Waals surface area (Å²) in [5.74, 6) is -0.233. The summed E-state index contributed by atoms with van der Waals surface area (Å²) in [6.45, 7) is 1.49. The number of carboxylic acids is 1. The number of nitrogens with one attached hydrogen (secondary N) is 1. The summed E-state index contributed by atoms with van der Waals surface area (Å²) >= 11 is 0. The van der Waals surface area contributed by atoms with Crippen LogP contribution >= 0.6 is 0 Å². The predicted molar refractivity (Wildman–Crippen MR) is 58.6 cm³/mol. The topological polar surface area (TPSA) is 109 Å². The molecule has 0 unspecified atom stereocenters. The van der Waals surface area contributed by atoms with Gasteiger partial charge in [-0.25, -0.2) is 4.79 Å². The molecule has 0 saturated heterocycles. The van der Waals surface area contributed by atoms with Crippen LogP contribution in [0, 0.1) is 6.92 Å². The predicted octanol–water partition coefficient (Wildman–Crippen LogP) is 0.137. The van der Waals surface area contributed by atoms with Gasteiger partial charge in [0.25, 0.3) is 0 Å². The number of urea groups is 1. The van der Waals surface area contributed by atoms with Crippen LogP contribution in [0.4, 0.5) is 4.79 Å². The maximum absolute atomic E-state index is 11.8. The van der Waals surface area contributed by atoms with Gasteiger partial charge in [-0.05, 0) is 12.8 Å². The molecular formula is C10H14N4O4. The van der Waals surface area contributed by atoms with Crippen LogP contribution in [-0.4, -0.2) is 44.7 Å². The third kappa shape index (κ3) is 3.19. The van der Waals surface area contributed by atoms with Gasteiger partial charge in [-0.2, -0.15) is 4.98 Å². The molecular weight excluding hydrogens is 240 g/mol. The van der Waals surface area contributed by atoms with Gasteiger partial charge >= 0.3 is 12.0 Å². The van der Waals surface area contributed by atoms with E-state index in [1.165, 1.54) is 4.90 Å². The van der Waals surface area contributed by atoms with Crippen LogP contribution in [0.2, 0.25) is 0 Å². The van der Waals surface area contributed by atoms with Gasteiger partial charge in [-0.15, -0.1) is 0 Å². The highest BCUT2D eigenvalue weighted by Crippen LogP contribution is 2.26. The number of carbonyl (C=O) groups is 2. The molecule has 1 heterocycles. The Bertz CT molecular complexity index is 454. The van der Waals surface area contributed by atoms with Crippen molar-refractivity contribution in [2.45, 2.75) is 32.4 Å². The van der Waals surface area contributed by atoms with Crippen molar-refractivity contribution >= 4 is 12.0 Å². The summed E-state index contributed by atoms with van der Waals surface area (Å²) in [6, 6.07) is -0.379. The van der Waals surface area contributed by atoms with Crippen molar-refractivity contribution in [2.24, 2.45) is 0 Å². The zero-order chi connectivity index (χ0) is 13.1. The lowest BCUT2D eigenvalue weighted by Gasteiger charge is -2.20. The number of amides is 2. The average molecular weight is 254 g/mol. The molecule has 2 N–H and O–H groups in total. The molecule has 1 aliphatic carbocycles. The fourth-order valence-corrected chi connectivity index (χ4v) is 1.57. The largest absolute Gasteiger partial charge is 0.480 e. The highest BCUT2D eigenvalue weighted by molar-refractivity contribution is 5.80. The highest BCUT2D eigenvalue weighted by Gasteiger charge is 2.33. The Morgan fingerprint density at radius 1 is 1.56 bits per heavy atom. The Balaban J connectivity index is 1.87. The van der Waals surface area contributed by atoms with Gasteiger partial charge in [-0.3, -0.25) is 4.79 Å². The molecule has 0 spiro atoms. The van der Waals surface area contributed by atoms with Crippen molar-refractivity contribution in [3.63, 3.8) is 0 Å². The van der Waals surface area contributed by atoms with E-state index >= 15 is 0 Å². The van der Waals surface area contributed by atoms with Gasteiger partial charge in [-0.1, -0.05) is 5.16 Å². The molecule has 8 heteroatoms. The second-order valence-corrected chi connectivity index (χ2v) is 4.14. The molecule has 0 bridgehead atoms. The molecule has 1 aromatic rings. The first kappa shape index (κ1) is 12.3. The molecule has 8 nitrogen and oxygen atoms in total. The van der Waals surface area contributed by atoms with E-state index in [-0.39, 0.29) is 19.1 Å². The normalized spacial score (nSPS) is 14.3. The number of hydrogen-bond donors (Lipinski definition) is 2. The number of carbonyl (C=O) groups excluding carboxylic acids is 1. The van der Waals surface area contributed by atoms with E-state index in [2.05, 4.69) is 15.5 Å². The third-order valence-electron chi connectivity index (χ3n) is 2.52. The minimum atomic E-state index is -1.02. The quantitative estimate of drug-likeness (QED) is 0.773. The summed E-state index contributed by atoms with van der Waals surface area (Å²) in [5, 5.41) is 14.9. The van der Waals surface area contributed by atoms with Crippen molar-refractivity contribution in [3.05, 3.63) is 11.7 Å². The van der Waals surface area contributed by atoms with Gasteiger partial charge in [0.05, 0.1) is 6.54 Å². The smallest absolute Gasteiger partial charge is 0.323 e. The van der Waals surface area contributed by atoms with Gasteiger partial charge < -0.3 is 19.8 Å². The molecule has 1 saturated carbocycles. The number of aliphatic carboxylic acids is 1. The molecule has 1 fully saturated rings. The zero-order valence-electron chi connectivity index (χ0n) is 9.92. The highest BCUT2D eigenvalue weighted by atomic mass is 16.5. The van der Waals surface area contributed by atoms with Crippen molar-refractivity contribution in [1.82, 2.24) is 20.4 Å². The van der Waals surface area contributed by atoms with Gasteiger partial charge in [0.2, 0.25) is 5.89 Å². The number of hydrogen-bond acceptors (Lipinski definition) is 5. The lowest BCUT2D eigenvalue weighted by atomic mass is 10.5. The van der Waals surface area contributed by atoms with Crippen molar-refractivity contribution < 1.29 is 19.2 Å². The monoisotopic (exact) mass is 254 g/mol. The first-order chi connectivity index (χ1) is 8.56. The van der Waals surface area contributed by atoms with Crippen LogP contribution in [0.15, 0.2) is 4.52 Å². The van der Waals surface area contributed by atoms with Crippen molar-refractivity contribution in [2.75, 3.05) is 6.54 Å². The Labute approximate surface area is 103 Å². The molecule has 1 aromatic heterocycles. The molecule has 2 rings (SSSR count). The Kier molecular flexibility index (Phi) is 3.45. The summed E-state index contributed by atoms with van der Waals surface area (Å²) in [6.07, 6.45) is 1.70. The third-order valence-corrected chi connectivity index (χ3v) is 2.52. The molecule has 0 atom stereocenters. The SMILES string of the molecule is Cc1nc(CNC(=O)N(CC(=O)O)C2CC2)no1. The van der Waals surface area contributed by atoms with Gasteiger partial charge in [0, 0.05) is 13.0 Å². The Hall–Kier alpha value is -2.12. The molecule has 18 heavy (non-hydrogen) atoms. The van der Waals surface area contributed by atoms with Gasteiger partial charge in [0.1, 0.15) is 6.54 Å². The summed E-state index contributed by atoms with van der Waals surface area (Å²) in [4.78, 5) is 27.7. The number of carboxylic acid groups (broad SMARTS) is 1. The van der Waals surface area contributed by atoms with Gasteiger partial charge in [0.15, 0.2) is 5.82 Å². The fourth-order valence-electron chi connectivity index (χ4n) is 1.57. The second kappa shape index (κ2) is 5.03. The van der Waals surface area contributed by atoms with Crippen molar-refractivity contribution in [3.8, 4) is 0 Å². The number of rotatable bonds is 5. The van der Waals surface area contributed by atoms with Crippen LogP contribution in [0.3, 0.4) is 0 Å². The Morgan fingerprint density at radius 2 is 2.28 bits per heavy atom. The van der Waals surface area contributed by atoms with E-state index in [4.69, 9.17) is 9.63 Å². The molecule has 2 amide bonds. The maximum atomic E-state index is 11.8.